The topological polar surface area (TPSA) is 68.1 Å². The molecule has 0 bridgehead atoms. The molecule has 25 heavy (non-hydrogen) atoms. The van der Waals surface area contributed by atoms with Gasteiger partial charge in [0.25, 0.3) is 0 Å². The standard InChI is InChI=1S/C18H22N6O/c1-23-16-15(12-19-23)17(24-10-4-3-5-11-24)22-18(21-16)20-13-6-8-14(25-2)9-7-13/h6-9,12H,3-5,10-11H2,1-2H3,(H,20,21,22). The second-order valence-electron chi connectivity index (χ2n) is 6.28. The minimum Gasteiger partial charge on any atom is -0.497 e. The van der Waals surface area contributed by atoms with Crippen LogP contribution in [0.25, 0.3) is 11.0 Å². The van der Waals surface area contributed by atoms with Crippen LogP contribution in [0.3, 0.4) is 0 Å². The maximum Gasteiger partial charge on any atom is 0.231 e. The molecule has 1 fully saturated rings. The molecule has 7 heteroatoms. The number of hydrogen-bond donors (Lipinski definition) is 1. The first kappa shape index (κ1) is 15.7. The summed E-state index contributed by atoms with van der Waals surface area (Å²) in [6.45, 7) is 2.06. The van der Waals surface area contributed by atoms with Gasteiger partial charge in [-0.2, -0.15) is 15.1 Å². The van der Waals surface area contributed by atoms with Crippen LogP contribution in [0, 0.1) is 0 Å². The van der Waals surface area contributed by atoms with Crippen molar-refractivity contribution in [2.75, 3.05) is 30.4 Å². The lowest BCUT2D eigenvalue weighted by atomic mass is 10.1. The summed E-state index contributed by atoms with van der Waals surface area (Å²) in [5, 5.41) is 8.67. The molecule has 0 saturated carbocycles. The lowest BCUT2D eigenvalue weighted by Gasteiger charge is -2.28. The van der Waals surface area contributed by atoms with Crippen molar-refractivity contribution in [3.63, 3.8) is 0 Å². The molecular weight excluding hydrogens is 316 g/mol. The number of nitrogens with zero attached hydrogens (tertiary/aromatic N) is 5. The highest BCUT2D eigenvalue weighted by molar-refractivity contribution is 5.88. The molecule has 0 radical (unpaired) electrons. The summed E-state index contributed by atoms with van der Waals surface area (Å²) in [5.74, 6) is 2.37. The molecule has 0 amide bonds. The first-order valence-corrected chi connectivity index (χ1v) is 8.60. The Morgan fingerprint density at radius 2 is 1.80 bits per heavy atom. The summed E-state index contributed by atoms with van der Waals surface area (Å²) in [6.07, 6.45) is 5.55. The third-order valence-corrected chi connectivity index (χ3v) is 4.57. The van der Waals surface area contributed by atoms with E-state index in [1.165, 1.54) is 19.3 Å². The second-order valence-corrected chi connectivity index (χ2v) is 6.28. The maximum absolute atomic E-state index is 5.20. The van der Waals surface area contributed by atoms with Gasteiger partial charge in [0.2, 0.25) is 5.95 Å². The molecule has 1 N–H and O–H groups in total. The Morgan fingerprint density at radius 3 is 2.52 bits per heavy atom. The van der Waals surface area contributed by atoms with Crippen molar-refractivity contribution < 1.29 is 4.74 Å². The van der Waals surface area contributed by atoms with E-state index in [4.69, 9.17) is 9.72 Å². The van der Waals surface area contributed by atoms with E-state index < -0.39 is 0 Å². The highest BCUT2D eigenvalue weighted by Gasteiger charge is 2.19. The Labute approximate surface area is 146 Å². The second kappa shape index (κ2) is 6.58. The summed E-state index contributed by atoms with van der Waals surface area (Å²) >= 11 is 0. The molecule has 4 rings (SSSR count). The molecule has 0 aliphatic carbocycles. The Balaban J connectivity index is 1.71. The summed E-state index contributed by atoms with van der Waals surface area (Å²) in [7, 11) is 3.57. The monoisotopic (exact) mass is 338 g/mol. The number of rotatable bonds is 4. The molecule has 3 aromatic rings. The normalized spacial score (nSPS) is 14.7. The molecule has 1 aromatic carbocycles. The smallest absolute Gasteiger partial charge is 0.231 e. The molecule has 1 aliphatic rings. The average molecular weight is 338 g/mol. The fraction of sp³-hybridized carbons (Fsp3) is 0.389. The molecule has 130 valence electrons. The molecule has 0 atom stereocenters. The molecule has 1 aliphatic heterocycles. The summed E-state index contributed by atoms with van der Waals surface area (Å²) in [5.41, 5.74) is 1.76. The van der Waals surface area contributed by atoms with Crippen LogP contribution in [-0.2, 0) is 7.05 Å². The van der Waals surface area contributed by atoms with Crippen molar-refractivity contribution in [2.24, 2.45) is 7.05 Å². The Hall–Kier alpha value is -2.83. The molecular formula is C18H22N6O. The lowest BCUT2D eigenvalue weighted by Crippen LogP contribution is -2.30. The van der Waals surface area contributed by atoms with Gasteiger partial charge in [0, 0.05) is 25.8 Å². The zero-order valence-corrected chi connectivity index (χ0v) is 14.6. The van der Waals surface area contributed by atoms with E-state index in [1.54, 1.807) is 11.8 Å². The Bertz CT molecular complexity index is 867. The molecule has 2 aromatic heterocycles. The van der Waals surface area contributed by atoms with Crippen LogP contribution < -0.4 is 15.0 Å². The number of aryl methyl sites for hydroxylation is 1. The third-order valence-electron chi connectivity index (χ3n) is 4.57. The number of anilines is 3. The van der Waals surface area contributed by atoms with Crippen LogP contribution in [0.5, 0.6) is 5.75 Å². The fourth-order valence-electron chi connectivity index (χ4n) is 3.21. The van der Waals surface area contributed by atoms with Gasteiger partial charge in [0.05, 0.1) is 18.7 Å². The zero-order valence-electron chi connectivity index (χ0n) is 14.6. The highest BCUT2D eigenvalue weighted by Crippen LogP contribution is 2.28. The number of fused-ring (bicyclic) bond motifs is 1. The Morgan fingerprint density at radius 1 is 1.04 bits per heavy atom. The van der Waals surface area contributed by atoms with E-state index in [0.29, 0.717) is 5.95 Å². The van der Waals surface area contributed by atoms with Crippen molar-refractivity contribution in [2.45, 2.75) is 19.3 Å². The Kier molecular flexibility index (Phi) is 4.13. The minimum absolute atomic E-state index is 0.585. The predicted octanol–water partition coefficient (Wildman–Crippen LogP) is 3.11. The quantitative estimate of drug-likeness (QED) is 0.788. The van der Waals surface area contributed by atoms with Gasteiger partial charge in [-0.1, -0.05) is 0 Å². The third kappa shape index (κ3) is 3.09. The van der Waals surface area contributed by atoms with Crippen LogP contribution in [-0.4, -0.2) is 39.9 Å². The molecule has 3 heterocycles. The van der Waals surface area contributed by atoms with Gasteiger partial charge < -0.3 is 15.0 Å². The van der Waals surface area contributed by atoms with Crippen molar-refractivity contribution in [3.05, 3.63) is 30.5 Å². The lowest BCUT2D eigenvalue weighted by molar-refractivity contribution is 0.415. The average Bonchev–Trinajstić information content (AvgIpc) is 3.03. The van der Waals surface area contributed by atoms with Crippen molar-refractivity contribution in [1.82, 2.24) is 19.7 Å². The number of piperidine rings is 1. The van der Waals surface area contributed by atoms with E-state index in [2.05, 4.69) is 20.3 Å². The van der Waals surface area contributed by atoms with Gasteiger partial charge in [0.15, 0.2) is 5.65 Å². The number of benzene rings is 1. The van der Waals surface area contributed by atoms with Crippen molar-refractivity contribution >= 4 is 28.5 Å². The number of methoxy groups -OCH3 is 1. The summed E-state index contributed by atoms with van der Waals surface area (Å²) in [6, 6.07) is 7.74. The molecule has 7 nitrogen and oxygen atoms in total. The van der Waals surface area contributed by atoms with Gasteiger partial charge in [-0.15, -0.1) is 0 Å². The molecule has 0 unspecified atom stereocenters. The fourth-order valence-corrected chi connectivity index (χ4v) is 3.21. The zero-order chi connectivity index (χ0) is 17.2. The number of nitrogens with one attached hydrogen (secondary N) is 1. The van der Waals surface area contributed by atoms with Gasteiger partial charge in [-0.05, 0) is 43.5 Å². The SMILES string of the molecule is COc1ccc(Nc2nc(N3CCCCC3)c3cnn(C)c3n2)cc1. The number of aromatic nitrogens is 4. The van der Waals surface area contributed by atoms with Crippen LogP contribution in [0.15, 0.2) is 30.5 Å². The number of ether oxygens (including phenoxy) is 1. The highest BCUT2D eigenvalue weighted by atomic mass is 16.5. The van der Waals surface area contributed by atoms with Crippen LogP contribution >= 0.6 is 0 Å². The van der Waals surface area contributed by atoms with Gasteiger partial charge in [-0.25, -0.2) is 0 Å². The first-order chi connectivity index (χ1) is 12.2. The van der Waals surface area contributed by atoms with Crippen LogP contribution in [0.1, 0.15) is 19.3 Å². The van der Waals surface area contributed by atoms with Crippen molar-refractivity contribution in [1.29, 1.82) is 0 Å². The molecule has 0 spiro atoms. The number of hydrogen-bond acceptors (Lipinski definition) is 6. The van der Waals surface area contributed by atoms with Crippen LogP contribution in [0.2, 0.25) is 0 Å². The summed E-state index contributed by atoms with van der Waals surface area (Å²) < 4.78 is 7.00. The van der Waals surface area contributed by atoms with Gasteiger partial charge >= 0.3 is 0 Å². The van der Waals surface area contributed by atoms with Gasteiger partial charge in [-0.3, -0.25) is 4.68 Å². The van der Waals surface area contributed by atoms with Crippen LogP contribution in [0.4, 0.5) is 17.5 Å². The molecule has 1 saturated heterocycles. The predicted molar refractivity (Wildman–Crippen MR) is 98.6 cm³/mol. The van der Waals surface area contributed by atoms with E-state index in [9.17, 15) is 0 Å². The van der Waals surface area contributed by atoms with E-state index in [1.807, 2.05) is 37.5 Å². The van der Waals surface area contributed by atoms with E-state index >= 15 is 0 Å². The largest absolute Gasteiger partial charge is 0.497 e. The summed E-state index contributed by atoms with van der Waals surface area (Å²) in [4.78, 5) is 11.8. The van der Waals surface area contributed by atoms with E-state index in [-0.39, 0.29) is 0 Å². The first-order valence-electron chi connectivity index (χ1n) is 8.60. The maximum atomic E-state index is 5.20. The van der Waals surface area contributed by atoms with E-state index in [0.717, 1.165) is 41.4 Å². The van der Waals surface area contributed by atoms with Gasteiger partial charge in [0.1, 0.15) is 11.6 Å². The van der Waals surface area contributed by atoms with Crippen molar-refractivity contribution in [3.8, 4) is 5.75 Å². The minimum atomic E-state index is 0.585.